The van der Waals surface area contributed by atoms with Crippen LogP contribution in [0, 0.1) is 5.92 Å². The molecule has 1 aromatic rings. The number of anilines is 1. The lowest BCUT2D eigenvalue weighted by atomic mass is 9.79. The van der Waals surface area contributed by atoms with E-state index in [2.05, 4.69) is 9.88 Å². The SMILES string of the molecule is CN(c1ccc[nH]1)C1CC(C(=O)O)C1. The monoisotopic (exact) mass is 194 g/mol. The van der Waals surface area contributed by atoms with Gasteiger partial charge in [-0.05, 0) is 25.0 Å². The molecule has 2 N–H and O–H groups in total. The zero-order valence-corrected chi connectivity index (χ0v) is 8.10. The van der Waals surface area contributed by atoms with Crippen LogP contribution >= 0.6 is 0 Å². The quantitative estimate of drug-likeness (QED) is 0.762. The van der Waals surface area contributed by atoms with Gasteiger partial charge in [0.2, 0.25) is 0 Å². The summed E-state index contributed by atoms with van der Waals surface area (Å²) in [5.74, 6) is 0.248. The molecule has 1 saturated carbocycles. The van der Waals surface area contributed by atoms with E-state index in [1.807, 2.05) is 25.4 Å². The van der Waals surface area contributed by atoms with Crippen molar-refractivity contribution in [1.82, 2.24) is 4.98 Å². The van der Waals surface area contributed by atoms with Crippen molar-refractivity contribution in [3.05, 3.63) is 18.3 Å². The standard InChI is InChI=1S/C10H14N2O2/c1-12(9-3-2-4-11-9)8-5-7(6-8)10(13)14/h2-4,7-8,11H,5-6H2,1H3,(H,13,14). The smallest absolute Gasteiger partial charge is 0.306 e. The van der Waals surface area contributed by atoms with E-state index in [0.717, 1.165) is 18.7 Å². The number of carboxylic acid groups (broad SMARTS) is 1. The number of aromatic amines is 1. The number of hydrogen-bond donors (Lipinski definition) is 2. The normalized spacial score (nSPS) is 25.5. The molecule has 0 radical (unpaired) electrons. The molecule has 1 fully saturated rings. The average molecular weight is 194 g/mol. The lowest BCUT2D eigenvalue weighted by Gasteiger charge is -2.39. The second-order valence-electron chi connectivity index (χ2n) is 3.83. The average Bonchev–Trinajstić information content (AvgIpc) is 2.51. The van der Waals surface area contributed by atoms with Crippen LogP contribution in [-0.4, -0.2) is 29.1 Å². The van der Waals surface area contributed by atoms with Crippen LogP contribution in [-0.2, 0) is 4.79 Å². The maximum atomic E-state index is 10.6. The molecule has 1 aromatic heterocycles. The Morgan fingerprint density at radius 2 is 2.36 bits per heavy atom. The summed E-state index contributed by atoms with van der Waals surface area (Å²) in [6.45, 7) is 0. The van der Waals surface area contributed by atoms with Crippen LogP contribution in [0.15, 0.2) is 18.3 Å². The Hall–Kier alpha value is -1.45. The summed E-state index contributed by atoms with van der Waals surface area (Å²) in [6, 6.07) is 4.31. The van der Waals surface area contributed by atoms with Crippen LogP contribution in [0.25, 0.3) is 0 Å². The van der Waals surface area contributed by atoms with Gasteiger partial charge in [-0.2, -0.15) is 0 Å². The van der Waals surface area contributed by atoms with E-state index in [4.69, 9.17) is 5.11 Å². The summed E-state index contributed by atoms with van der Waals surface area (Å²) in [7, 11) is 1.99. The van der Waals surface area contributed by atoms with Crippen LogP contribution < -0.4 is 4.90 Å². The molecule has 2 rings (SSSR count). The first-order valence-corrected chi connectivity index (χ1v) is 4.77. The Balaban J connectivity index is 1.91. The molecule has 0 atom stereocenters. The van der Waals surface area contributed by atoms with Crippen molar-refractivity contribution in [2.45, 2.75) is 18.9 Å². The van der Waals surface area contributed by atoms with Gasteiger partial charge in [-0.3, -0.25) is 4.79 Å². The summed E-state index contributed by atoms with van der Waals surface area (Å²) in [4.78, 5) is 15.8. The highest BCUT2D eigenvalue weighted by atomic mass is 16.4. The highest BCUT2D eigenvalue weighted by Crippen LogP contribution is 2.33. The largest absolute Gasteiger partial charge is 0.481 e. The third-order valence-corrected chi connectivity index (χ3v) is 2.97. The fraction of sp³-hybridized carbons (Fsp3) is 0.500. The minimum absolute atomic E-state index is 0.141. The van der Waals surface area contributed by atoms with Crippen molar-refractivity contribution in [2.24, 2.45) is 5.92 Å². The predicted molar refractivity (Wildman–Crippen MR) is 53.3 cm³/mol. The summed E-state index contributed by atoms with van der Waals surface area (Å²) < 4.78 is 0. The fourth-order valence-corrected chi connectivity index (χ4v) is 1.84. The fourth-order valence-electron chi connectivity index (χ4n) is 1.84. The lowest BCUT2D eigenvalue weighted by molar-refractivity contribution is -0.145. The minimum Gasteiger partial charge on any atom is -0.481 e. The Bertz CT molecular complexity index is 315. The first-order valence-electron chi connectivity index (χ1n) is 4.77. The maximum absolute atomic E-state index is 10.6. The summed E-state index contributed by atoms with van der Waals surface area (Å²) >= 11 is 0. The molecule has 76 valence electrons. The number of aliphatic carboxylic acids is 1. The zero-order valence-electron chi connectivity index (χ0n) is 8.10. The number of carboxylic acids is 1. The Morgan fingerprint density at radius 1 is 1.64 bits per heavy atom. The van der Waals surface area contributed by atoms with E-state index in [1.54, 1.807) is 0 Å². The topological polar surface area (TPSA) is 56.3 Å². The first-order chi connectivity index (χ1) is 6.68. The Kier molecular flexibility index (Phi) is 2.19. The second-order valence-corrected chi connectivity index (χ2v) is 3.83. The summed E-state index contributed by atoms with van der Waals surface area (Å²) in [5, 5.41) is 8.74. The van der Waals surface area contributed by atoms with E-state index in [9.17, 15) is 4.79 Å². The van der Waals surface area contributed by atoms with Crippen molar-refractivity contribution in [3.63, 3.8) is 0 Å². The van der Waals surface area contributed by atoms with Crippen molar-refractivity contribution >= 4 is 11.8 Å². The highest BCUT2D eigenvalue weighted by molar-refractivity contribution is 5.71. The van der Waals surface area contributed by atoms with Gasteiger partial charge in [-0.1, -0.05) is 0 Å². The number of hydrogen-bond acceptors (Lipinski definition) is 2. The molecule has 0 bridgehead atoms. The number of nitrogens with zero attached hydrogens (tertiary/aromatic N) is 1. The van der Waals surface area contributed by atoms with Gasteiger partial charge in [-0.15, -0.1) is 0 Å². The predicted octanol–water partition coefficient (Wildman–Crippen LogP) is 1.31. The molecular weight excluding hydrogens is 180 g/mol. The van der Waals surface area contributed by atoms with Gasteiger partial charge in [0.15, 0.2) is 0 Å². The molecule has 1 aliphatic carbocycles. The van der Waals surface area contributed by atoms with Crippen LogP contribution in [0.2, 0.25) is 0 Å². The Morgan fingerprint density at radius 3 is 2.86 bits per heavy atom. The van der Waals surface area contributed by atoms with Gasteiger partial charge in [0, 0.05) is 19.3 Å². The van der Waals surface area contributed by atoms with Gasteiger partial charge in [-0.25, -0.2) is 0 Å². The molecular formula is C10H14N2O2. The number of carbonyl (C=O) groups is 1. The number of nitrogens with one attached hydrogen (secondary N) is 1. The molecule has 0 amide bonds. The maximum Gasteiger partial charge on any atom is 0.306 e. The van der Waals surface area contributed by atoms with Crippen LogP contribution in [0.4, 0.5) is 5.82 Å². The van der Waals surface area contributed by atoms with Crippen LogP contribution in [0.3, 0.4) is 0 Å². The van der Waals surface area contributed by atoms with Crippen molar-refractivity contribution in [1.29, 1.82) is 0 Å². The number of aromatic nitrogens is 1. The van der Waals surface area contributed by atoms with Gasteiger partial charge in [0.1, 0.15) is 5.82 Å². The van der Waals surface area contributed by atoms with Gasteiger partial charge < -0.3 is 15.0 Å². The molecule has 0 aliphatic heterocycles. The van der Waals surface area contributed by atoms with E-state index < -0.39 is 5.97 Å². The third kappa shape index (κ3) is 1.47. The molecule has 1 aliphatic rings. The molecule has 0 saturated heterocycles. The molecule has 4 heteroatoms. The molecule has 0 aromatic carbocycles. The van der Waals surface area contributed by atoms with E-state index in [1.165, 1.54) is 0 Å². The lowest BCUT2D eigenvalue weighted by Crippen LogP contribution is -2.45. The third-order valence-electron chi connectivity index (χ3n) is 2.97. The molecule has 14 heavy (non-hydrogen) atoms. The second kappa shape index (κ2) is 3.36. The van der Waals surface area contributed by atoms with Crippen molar-refractivity contribution in [3.8, 4) is 0 Å². The zero-order chi connectivity index (χ0) is 10.1. The van der Waals surface area contributed by atoms with Crippen molar-refractivity contribution in [2.75, 3.05) is 11.9 Å². The van der Waals surface area contributed by atoms with Crippen LogP contribution in [0.1, 0.15) is 12.8 Å². The molecule has 4 nitrogen and oxygen atoms in total. The first kappa shape index (κ1) is 9.12. The van der Waals surface area contributed by atoms with E-state index >= 15 is 0 Å². The van der Waals surface area contributed by atoms with Crippen LogP contribution in [0.5, 0.6) is 0 Å². The van der Waals surface area contributed by atoms with Gasteiger partial charge in [0.05, 0.1) is 5.92 Å². The minimum atomic E-state index is -0.666. The molecule has 0 spiro atoms. The number of H-pyrrole nitrogens is 1. The summed E-state index contributed by atoms with van der Waals surface area (Å²) in [6.07, 6.45) is 3.38. The molecule has 0 unspecified atom stereocenters. The Labute approximate surface area is 82.5 Å². The van der Waals surface area contributed by atoms with E-state index in [0.29, 0.717) is 6.04 Å². The molecule has 1 heterocycles. The summed E-state index contributed by atoms with van der Waals surface area (Å²) in [5.41, 5.74) is 0. The van der Waals surface area contributed by atoms with E-state index in [-0.39, 0.29) is 5.92 Å². The van der Waals surface area contributed by atoms with Gasteiger partial charge >= 0.3 is 5.97 Å². The van der Waals surface area contributed by atoms with Crippen molar-refractivity contribution < 1.29 is 9.90 Å². The highest BCUT2D eigenvalue weighted by Gasteiger charge is 2.36. The van der Waals surface area contributed by atoms with Gasteiger partial charge in [0.25, 0.3) is 0 Å². The number of rotatable bonds is 3.